The van der Waals surface area contributed by atoms with Crippen molar-refractivity contribution < 1.29 is 28.1 Å². The van der Waals surface area contributed by atoms with Crippen LogP contribution in [-0.2, 0) is 13.1 Å². The van der Waals surface area contributed by atoms with Crippen LogP contribution in [0.5, 0.6) is 23.0 Å². The van der Waals surface area contributed by atoms with Gasteiger partial charge in [0, 0.05) is 13.1 Å². The number of carbonyl (C=O) groups is 1. The molecule has 0 unspecified atom stereocenters. The van der Waals surface area contributed by atoms with Gasteiger partial charge in [-0.2, -0.15) is 0 Å². The van der Waals surface area contributed by atoms with E-state index in [2.05, 4.69) is 4.90 Å². The van der Waals surface area contributed by atoms with Crippen molar-refractivity contribution in [2.45, 2.75) is 20.0 Å². The highest BCUT2D eigenvalue weighted by Crippen LogP contribution is 2.44. The number of hydrogen-bond acceptors (Lipinski definition) is 6. The molecule has 0 saturated carbocycles. The first-order valence-electron chi connectivity index (χ1n) is 10.6. The Bertz CT molecular complexity index is 1320. The number of hydrogen-bond donors (Lipinski definition) is 0. The minimum Gasteiger partial charge on any atom is -0.478 e. The lowest BCUT2D eigenvalue weighted by atomic mass is 9.98. The molecular weight excluding hydrogens is 425 g/mol. The van der Waals surface area contributed by atoms with Gasteiger partial charge in [-0.1, -0.05) is 18.2 Å². The average molecular weight is 445 g/mol. The van der Waals surface area contributed by atoms with E-state index in [4.69, 9.17) is 18.9 Å². The first kappa shape index (κ1) is 19.8. The van der Waals surface area contributed by atoms with Crippen LogP contribution in [0, 0.1) is 12.7 Å². The summed E-state index contributed by atoms with van der Waals surface area (Å²) in [5, 5.41) is 0. The normalized spacial score (nSPS) is 17.5. The van der Waals surface area contributed by atoms with Gasteiger partial charge in [0.15, 0.2) is 17.3 Å². The maximum atomic E-state index is 13.2. The van der Waals surface area contributed by atoms with E-state index in [9.17, 15) is 9.18 Å². The minimum atomic E-state index is -0.263. The third kappa shape index (κ3) is 3.50. The van der Waals surface area contributed by atoms with Crippen LogP contribution >= 0.6 is 0 Å². The molecule has 3 aliphatic rings. The van der Waals surface area contributed by atoms with Crippen LogP contribution < -0.4 is 18.9 Å². The number of rotatable bonds is 3. The summed E-state index contributed by atoms with van der Waals surface area (Å²) in [6, 6.07) is 13.8. The lowest BCUT2D eigenvalue weighted by molar-refractivity contribution is 0.0872. The first-order valence-corrected chi connectivity index (χ1v) is 10.6. The van der Waals surface area contributed by atoms with Crippen LogP contribution in [-0.4, -0.2) is 24.2 Å². The molecule has 0 atom stereocenters. The SMILES string of the molecule is Cc1cc2c(c3c1C(=O)/C(=C/c1ccc4c(c1)OCO4)O3)CN(Cc1ccc(F)cc1)CO2. The van der Waals surface area contributed by atoms with E-state index >= 15 is 0 Å². The highest BCUT2D eigenvalue weighted by molar-refractivity contribution is 6.16. The van der Waals surface area contributed by atoms with Crippen LogP contribution in [0.2, 0.25) is 0 Å². The van der Waals surface area contributed by atoms with Crippen molar-refractivity contribution in [3.05, 3.63) is 87.9 Å². The molecule has 33 heavy (non-hydrogen) atoms. The minimum absolute atomic E-state index is 0.154. The molecule has 3 aromatic carbocycles. The first-order chi connectivity index (χ1) is 16.0. The fraction of sp³-hybridized carbons (Fsp3) is 0.192. The Labute approximate surface area is 189 Å². The van der Waals surface area contributed by atoms with E-state index in [-0.39, 0.29) is 24.2 Å². The smallest absolute Gasteiger partial charge is 0.232 e. The molecule has 3 aliphatic heterocycles. The number of fused-ring (bicyclic) bond motifs is 4. The molecule has 0 fully saturated rings. The van der Waals surface area contributed by atoms with E-state index in [1.165, 1.54) is 12.1 Å². The highest BCUT2D eigenvalue weighted by Gasteiger charge is 2.35. The van der Waals surface area contributed by atoms with Crippen molar-refractivity contribution >= 4 is 11.9 Å². The summed E-state index contributed by atoms with van der Waals surface area (Å²) in [6.07, 6.45) is 1.72. The van der Waals surface area contributed by atoms with Crippen molar-refractivity contribution in [2.75, 3.05) is 13.5 Å². The van der Waals surface area contributed by atoms with Gasteiger partial charge in [-0.3, -0.25) is 9.69 Å². The molecule has 6 rings (SSSR count). The molecule has 0 amide bonds. The van der Waals surface area contributed by atoms with Crippen LogP contribution in [0.1, 0.15) is 32.6 Å². The Morgan fingerprint density at radius 1 is 1.00 bits per heavy atom. The Morgan fingerprint density at radius 2 is 1.82 bits per heavy atom. The zero-order valence-corrected chi connectivity index (χ0v) is 17.9. The molecule has 3 aromatic rings. The summed E-state index contributed by atoms with van der Waals surface area (Å²) < 4.78 is 36.1. The summed E-state index contributed by atoms with van der Waals surface area (Å²) in [5.41, 5.74) is 3.98. The van der Waals surface area contributed by atoms with Crippen molar-refractivity contribution in [3.8, 4) is 23.0 Å². The quantitative estimate of drug-likeness (QED) is 0.539. The van der Waals surface area contributed by atoms with E-state index in [1.807, 2.05) is 31.2 Å². The molecule has 0 saturated heterocycles. The van der Waals surface area contributed by atoms with Gasteiger partial charge in [0.2, 0.25) is 12.6 Å². The van der Waals surface area contributed by atoms with E-state index in [0.29, 0.717) is 42.6 Å². The van der Waals surface area contributed by atoms with Crippen molar-refractivity contribution in [1.82, 2.24) is 4.90 Å². The monoisotopic (exact) mass is 445 g/mol. The highest BCUT2D eigenvalue weighted by atomic mass is 19.1. The van der Waals surface area contributed by atoms with Gasteiger partial charge in [-0.05, 0) is 60.0 Å². The summed E-state index contributed by atoms with van der Waals surface area (Å²) in [7, 11) is 0. The maximum Gasteiger partial charge on any atom is 0.232 e. The largest absolute Gasteiger partial charge is 0.478 e. The van der Waals surface area contributed by atoms with Crippen LogP contribution in [0.3, 0.4) is 0 Å². The van der Waals surface area contributed by atoms with Crippen LogP contribution in [0.4, 0.5) is 4.39 Å². The van der Waals surface area contributed by atoms with Crippen LogP contribution in [0.15, 0.2) is 54.3 Å². The Hall–Kier alpha value is -3.84. The van der Waals surface area contributed by atoms with Gasteiger partial charge in [0.05, 0.1) is 11.1 Å². The molecule has 0 radical (unpaired) electrons. The van der Waals surface area contributed by atoms with Crippen LogP contribution in [0.25, 0.3) is 6.08 Å². The number of benzene rings is 3. The number of halogens is 1. The van der Waals surface area contributed by atoms with Crippen molar-refractivity contribution in [2.24, 2.45) is 0 Å². The number of ketones is 1. The lowest BCUT2D eigenvalue weighted by Crippen LogP contribution is -2.31. The molecule has 7 heteroatoms. The van der Waals surface area contributed by atoms with Crippen molar-refractivity contribution in [1.29, 1.82) is 0 Å². The zero-order chi connectivity index (χ0) is 22.5. The van der Waals surface area contributed by atoms with Gasteiger partial charge in [0.25, 0.3) is 0 Å². The summed E-state index contributed by atoms with van der Waals surface area (Å²) in [6.45, 7) is 3.63. The molecule has 6 nitrogen and oxygen atoms in total. The Balaban J connectivity index is 1.30. The number of allylic oxidation sites excluding steroid dienone is 1. The molecule has 166 valence electrons. The number of aryl methyl sites for hydroxylation is 1. The van der Waals surface area contributed by atoms with Gasteiger partial charge >= 0.3 is 0 Å². The number of carbonyl (C=O) groups excluding carboxylic acids is 1. The van der Waals surface area contributed by atoms with Crippen molar-refractivity contribution in [3.63, 3.8) is 0 Å². The Kier molecular flexibility index (Phi) is 4.58. The topological polar surface area (TPSA) is 57.2 Å². The second kappa shape index (κ2) is 7.64. The molecule has 0 aliphatic carbocycles. The lowest BCUT2D eigenvalue weighted by Gasteiger charge is -2.30. The second-order valence-electron chi connectivity index (χ2n) is 8.31. The fourth-order valence-electron chi connectivity index (χ4n) is 4.38. The average Bonchev–Trinajstić information content (AvgIpc) is 3.40. The maximum absolute atomic E-state index is 13.2. The van der Waals surface area contributed by atoms with Gasteiger partial charge in [-0.25, -0.2) is 4.39 Å². The molecular formula is C26H20FNO5. The number of Topliss-reactive ketones (excluding diaryl/α,β-unsaturated/α-hetero) is 1. The summed E-state index contributed by atoms with van der Waals surface area (Å²) in [5.74, 6) is 2.44. The van der Waals surface area contributed by atoms with E-state index in [1.54, 1.807) is 18.2 Å². The third-order valence-corrected chi connectivity index (χ3v) is 6.00. The standard InChI is InChI=1S/C26H20FNO5/c1-15-8-21-19(12-28(13-30-21)11-16-2-5-18(27)6-3-16)26-24(15)25(29)23(33-26)10-17-4-7-20-22(9-17)32-14-31-20/h2-10H,11-14H2,1H3/b23-10-. The summed E-state index contributed by atoms with van der Waals surface area (Å²) in [4.78, 5) is 15.3. The molecule has 0 N–H and O–H groups in total. The second-order valence-corrected chi connectivity index (χ2v) is 8.31. The molecule has 0 aromatic heterocycles. The zero-order valence-electron chi connectivity index (χ0n) is 17.9. The van der Waals surface area contributed by atoms with E-state index in [0.717, 1.165) is 28.0 Å². The van der Waals surface area contributed by atoms with E-state index < -0.39 is 0 Å². The molecule has 3 heterocycles. The van der Waals surface area contributed by atoms with Gasteiger partial charge in [0.1, 0.15) is 24.0 Å². The third-order valence-electron chi connectivity index (χ3n) is 6.00. The number of ether oxygens (including phenoxy) is 4. The predicted molar refractivity (Wildman–Crippen MR) is 118 cm³/mol. The summed E-state index contributed by atoms with van der Waals surface area (Å²) >= 11 is 0. The van der Waals surface area contributed by atoms with Gasteiger partial charge < -0.3 is 18.9 Å². The van der Waals surface area contributed by atoms with Gasteiger partial charge in [-0.15, -0.1) is 0 Å². The molecule has 0 spiro atoms. The Morgan fingerprint density at radius 3 is 2.67 bits per heavy atom. The molecule has 0 bridgehead atoms. The predicted octanol–water partition coefficient (Wildman–Crippen LogP) is 4.83. The number of nitrogens with zero attached hydrogens (tertiary/aromatic N) is 1. The fourth-order valence-corrected chi connectivity index (χ4v) is 4.38.